The zero-order valence-electron chi connectivity index (χ0n) is 11.8. The summed E-state index contributed by atoms with van der Waals surface area (Å²) >= 11 is 0. The van der Waals surface area contributed by atoms with Crippen LogP contribution in [-0.2, 0) is 6.42 Å². The van der Waals surface area contributed by atoms with Crippen LogP contribution in [0.1, 0.15) is 38.2 Å². The molecule has 0 fully saturated rings. The second kappa shape index (κ2) is 7.93. The highest BCUT2D eigenvalue weighted by atomic mass is 16.6. The number of hydrogen-bond acceptors (Lipinski definition) is 6. The summed E-state index contributed by atoms with van der Waals surface area (Å²) in [5.41, 5.74) is 0.868. The number of non-ortho nitro benzene ring substituents is 1. The monoisotopic (exact) mass is 294 g/mol. The lowest BCUT2D eigenvalue weighted by molar-refractivity contribution is -0.394. The summed E-state index contributed by atoms with van der Waals surface area (Å²) < 4.78 is 0. The number of hydrogen-bond donors (Lipinski definition) is 1. The van der Waals surface area contributed by atoms with Crippen LogP contribution in [0, 0.1) is 20.2 Å². The first-order valence-corrected chi connectivity index (χ1v) is 6.67. The molecular formula is C13H18N4O4. The van der Waals surface area contributed by atoms with Crippen molar-refractivity contribution in [2.24, 2.45) is 10.9 Å². The Morgan fingerprint density at radius 2 is 1.95 bits per heavy atom. The molecule has 0 aliphatic heterocycles. The van der Waals surface area contributed by atoms with Gasteiger partial charge in [0.25, 0.3) is 11.4 Å². The van der Waals surface area contributed by atoms with Crippen LogP contribution in [0.3, 0.4) is 0 Å². The van der Waals surface area contributed by atoms with Gasteiger partial charge in [0.1, 0.15) is 0 Å². The SMILES string of the molecule is CCC/C(CCCc1ccc([N+](=O)[O-])cc1[N+](=O)[O-])=N\N. The molecule has 0 aromatic heterocycles. The lowest BCUT2D eigenvalue weighted by atomic mass is 10.0. The van der Waals surface area contributed by atoms with Crippen molar-refractivity contribution in [2.45, 2.75) is 39.0 Å². The highest BCUT2D eigenvalue weighted by Gasteiger charge is 2.18. The number of hydrazone groups is 1. The molecule has 114 valence electrons. The predicted molar refractivity (Wildman–Crippen MR) is 79.2 cm³/mol. The first kappa shape index (κ1) is 16.5. The van der Waals surface area contributed by atoms with Crippen molar-refractivity contribution in [3.63, 3.8) is 0 Å². The molecule has 8 nitrogen and oxygen atoms in total. The summed E-state index contributed by atoms with van der Waals surface area (Å²) in [6.45, 7) is 2.02. The molecule has 0 bridgehead atoms. The number of nitro groups is 2. The van der Waals surface area contributed by atoms with E-state index in [1.54, 1.807) is 0 Å². The molecule has 2 N–H and O–H groups in total. The van der Waals surface area contributed by atoms with E-state index in [1.165, 1.54) is 12.1 Å². The molecule has 0 spiro atoms. The third-order valence-corrected chi connectivity index (χ3v) is 3.11. The maximum atomic E-state index is 11.0. The van der Waals surface area contributed by atoms with Crippen LogP contribution in [-0.4, -0.2) is 15.6 Å². The molecule has 1 aromatic rings. The Kier molecular flexibility index (Phi) is 6.25. The predicted octanol–water partition coefficient (Wildman–Crippen LogP) is 2.94. The van der Waals surface area contributed by atoms with Crippen LogP contribution in [0.5, 0.6) is 0 Å². The van der Waals surface area contributed by atoms with Crippen molar-refractivity contribution < 1.29 is 9.85 Å². The molecule has 8 heteroatoms. The van der Waals surface area contributed by atoms with Crippen molar-refractivity contribution in [2.75, 3.05) is 0 Å². The van der Waals surface area contributed by atoms with Crippen LogP contribution in [0.4, 0.5) is 11.4 Å². The largest absolute Gasteiger partial charge is 0.323 e. The van der Waals surface area contributed by atoms with Crippen molar-refractivity contribution in [3.8, 4) is 0 Å². The molecule has 0 heterocycles. The second-order valence-corrected chi connectivity index (χ2v) is 4.63. The maximum absolute atomic E-state index is 11.0. The van der Waals surface area contributed by atoms with Crippen LogP contribution in [0.2, 0.25) is 0 Å². The summed E-state index contributed by atoms with van der Waals surface area (Å²) in [6, 6.07) is 3.72. The van der Waals surface area contributed by atoms with Crippen LogP contribution < -0.4 is 5.84 Å². The average molecular weight is 294 g/mol. The first-order chi connectivity index (χ1) is 9.99. The molecule has 0 aliphatic rings. The van der Waals surface area contributed by atoms with Gasteiger partial charge in [-0.25, -0.2) is 0 Å². The van der Waals surface area contributed by atoms with Crippen LogP contribution in [0.15, 0.2) is 23.3 Å². The van der Waals surface area contributed by atoms with Crippen LogP contribution in [0.25, 0.3) is 0 Å². The van der Waals surface area contributed by atoms with Gasteiger partial charge >= 0.3 is 0 Å². The molecule has 0 aliphatic carbocycles. The van der Waals surface area contributed by atoms with Gasteiger partial charge in [-0.15, -0.1) is 0 Å². The van der Waals surface area contributed by atoms with Gasteiger partial charge in [0.15, 0.2) is 0 Å². The molecule has 0 saturated carbocycles. The van der Waals surface area contributed by atoms with E-state index in [-0.39, 0.29) is 11.4 Å². The standard InChI is InChI=1S/C13H18N4O4/c1-2-4-11(15-14)6-3-5-10-7-8-12(16(18)19)9-13(10)17(20)21/h7-9H,2-6,14H2,1H3/b15-11+. The van der Waals surface area contributed by atoms with Crippen LogP contribution >= 0.6 is 0 Å². The Bertz CT molecular complexity index is 557. The summed E-state index contributed by atoms with van der Waals surface area (Å²) in [4.78, 5) is 20.4. The van der Waals surface area contributed by atoms with Gasteiger partial charge in [0.2, 0.25) is 0 Å². The van der Waals surface area contributed by atoms with E-state index in [4.69, 9.17) is 5.84 Å². The van der Waals surface area contributed by atoms with Gasteiger partial charge in [-0.05, 0) is 31.7 Å². The Morgan fingerprint density at radius 1 is 1.24 bits per heavy atom. The van der Waals surface area contributed by atoms with E-state index in [0.717, 1.165) is 24.6 Å². The highest BCUT2D eigenvalue weighted by Crippen LogP contribution is 2.26. The molecule has 0 radical (unpaired) electrons. The Balaban J connectivity index is 2.79. The normalized spacial score (nSPS) is 11.4. The van der Waals surface area contributed by atoms with E-state index >= 15 is 0 Å². The Hall–Kier alpha value is -2.51. The van der Waals surface area contributed by atoms with Crippen molar-refractivity contribution in [1.29, 1.82) is 0 Å². The van der Waals surface area contributed by atoms with Crippen molar-refractivity contribution in [3.05, 3.63) is 44.0 Å². The van der Waals surface area contributed by atoms with Gasteiger partial charge in [0, 0.05) is 17.3 Å². The van der Waals surface area contributed by atoms with Gasteiger partial charge in [-0.3, -0.25) is 20.2 Å². The number of nitrogens with two attached hydrogens (primary N) is 1. The summed E-state index contributed by atoms with van der Waals surface area (Å²) in [7, 11) is 0. The molecule has 0 unspecified atom stereocenters. The van der Waals surface area contributed by atoms with Crippen molar-refractivity contribution >= 4 is 17.1 Å². The summed E-state index contributed by atoms with van der Waals surface area (Å²) in [5, 5.41) is 25.3. The fraction of sp³-hybridized carbons (Fsp3) is 0.462. The first-order valence-electron chi connectivity index (χ1n) is 6.67. The van der Waals surface area contributed by atoms with E-state index in [1.807, 2.05) is 6.92 Å². The highest BCUT2D eigenvalue weighted by molar-refractivity contribution is 5.84. The number of benzene rings is 1. The molecule has 21 heavy (non-hydrogen) atoms. The van der Waals surface area contributed by atoms with Crippen molar-refractivity contribution in [1.82, 2.24) is 0 Å². The minimum atomic E-state index is -0.642. The topological polar surface area (TPSA) is 125 Å². The average Bonchev–Trinajstić information content (AvgIpc) is 2.46. The van der Waals surface area contributed by atoms with Gasteiger partial charge in [-0.2, -0.15) is 5.10 Å². The molecule has 0 amide bonds. The molecule has 0 atom stereocenters. The third kappa shape index (κ3) is 4.83. The molecular weight excluding hydrogens is 276 g/mol. The number of nitrogens with zero attached hydrogens (tertiary/aromatic N) is 3. The zero-order chi connectivity index (χ0) is 15.8. The van der Waals surface area contributed by atoms with E-state index in [9.17, 15) is 20.2 Å². The molecule has 1 aromatic carbocycles. The Morgan fingerprint density at radius 3 is 2.48 bits per heavy atom. The zero-order valence-corrected chi connectivity index (χ0v) is 11.8. The maximum Gasteiger partial charge on any atom is 0.279 e. The molecule has 1 rings (SSSR count). The summed E-state index contributed by atoms with van der Waals surface area (Å²) in [6.07, 6.45) is 3.52. The molecule has 0 saturated heterocycles. The van der Waals surface area contributed by atoms with E-state index in [2.05, 4.69) is 5.10 Å². The van der Waals surface area contributed by atoms with Gasteiger partial charge < -0.3 is 5.84 Å². The minimum Gasteiger partial charge on any atom is -0.323 e. The van der Waals surface area contributed by atoms with Gasteiger partial charge in [0.05, 0.1) is 15.9 Å². The van der Waals surface area contributed by atoms with Gasteiger partial charge in [-0.1, -0.05) is 13.3 Å². The minimum absolute atomic E-state index is 0.217. The fourth-order valence-electron chi connectivity index (χ4n) is 2.07. The summed E-state index contributed by atoms with van der Waals surface area (Å²) in [5.74, 6) is 5.27. The lowest BCUT2D eigenvalue weighted by Gasteiger charge is -2.05. The number of rotatable bonds is 8. The fourth-order valence-corrected chi connectivity index (χ4v) is 2.07. The quantitative estimate of drug-likeness (QED) is 0.341. The second-order valence-electron chi connectivity index (χ2n) is 4.63. The lowest BCUT2D eigenvalue weighted by Crippen LogP contribution is -2.03. The smallest absolute Gasteiger partial charge is 0.279 e. The number of aryl methyl sites for hydroxylation is 1. The number of nitro benzene ring substituents is 2. The van der Waals surface area contributed by atoms with E-state index in [0.29, 0.717) is 24.8 Å². The third-order valence-electron chi connectivity index (χ3n) is 3.11. The van der Waals surface area contributed by atoms with E-state index < -0.39 is 9.85 Å². The Labute approximate surface area is 121 Å².